The molecule has 1 aromatic carbocycles. The minimum absolute atomic E-state index is 0.160. The number of amides is 1. The molecule has 0 aliphatic rings. The Kier molecular flexibility index (Phi) is 4.25. The van der Waals surface area contributed by atoms with Crippen molar-refractivity contribution in [3.05, 3.63) is 62.7 Å². The van der Waals surface area contributed by atoms with E-state index in [4.69, 9.17) is 0 Å². The van der Waals surface area contributed by atoms with Gasteiger partial charge in [0.2, 0.25) is 0 Å². The second-order valence-electron chi connectivity index (χ2n) is 5.22. The van der Waals surface area contributed by atoms with Crippen LogP contribution < -0.4 is 5.56 Å². The third-order valence-electron chi connectivity index (χ3n) is 3.75. The molecule has 3 rings (SSSR count). The van der Waals surface area contributed by atoms with Gasteiger partial charge in [-0.05, 0) is 24.4 Å². The second kappa shape index (κ2) is 6.34. The van der Waals surface area contributed by atoms with Crippen molar-refractivity contribution in [1.82, 2.24) is 14.7 Å². The molecule has 3 aromatic rings. The molecule has 1 amide bonds. The summed E-state index contributed by atoms with van der Waals surface area (Å²) in [5.41, 5.74) is 0.125. The Balaban J connectivity index is 2.06. The van der Waals surface area contributed by atoms with E-state index in [1.54, 1.807) is 41.5 Å². The molecule has 0 N–H and O–H groups in total. The highest BCUT2D eigenvalue weighted by atomic mass is 32.1. The van der Waals surface area contributed by atoms with E-state index in [9.17, 15) is 9.59 Å². The molecule has 0 saturated carbocycles. The van der Waals surface area contributed by atoms with Crippen molar-refractivity contribution in [2.75, 3.05) is 6.54 Å². The number of nitrogens with zero attached hydrogens (tertiary/aromatic N) is 3. The molecule has 0 atom stereocenters. The molecule has 0 fully saturated rings. The average Bonchev–Trinajstić information content (AvgIpc) is 3.08. The Morgan fingerprint density at radius 2 is 1.96 bits per heavy atom. The van der Waals surface area contributed by atoms with Gasteiger partial charge in [0, 0.05) is 23.9 Å². The zero-order valence-electron chi connectivity index (χ0n) is 13.0. The second-order valence-corrected chi connectivity index (χ2v) is 6.25. The molecule has 0 spiro atoms. The Labute approximate surface area is 137 Å². The van der Waals surface area contributed by atoms with Crippen LogP contribution in [-0.4, -0.2) is 27.1 Å². The molecule has 0 saturated heterocycles. The fourth-order valence-corrected chi connectivity index (χ4v) is 3.24. The maximum atomic E-state index is 12.9. The summed E-state index contributed by atoms with van der Waals surface area (Å²) in [4.78, 5) is 28.0. The smallest absolute Gasteiger partial charge is 0.275 e. The SMILES string of the molecule is CCN(Cc1cccs1)C(=O)c1nn(C)c(=O)c2ccccc12. The first-order valence-corrected chi connectivity index (χ1v) is 8.27. The van der Waals surface area contributed by atoms with Gasteiger partial charge in [0.1, 0.15) is 0 Å². The summed E-state index contributed by atoms with van der Waals surface area (Å²) < 4.78 is 1.23. The largest absolute Gasteiger partial charge is 0.332 e. The number of carbonyl (C=O) groups excluding carboxylic acids is 1. The Morgan fingerprint density at radius 1 is 1.22 bits per heavy atom. The maximum absolute atomic E-state index is 12.9. The predicted octanol–water partition coefficient (Wildman–Crippen LogP) is 2.66. The van der Waals surface area contributed by atoms with E-state index in [0.717, 1.165) is 4.88 Å². The summed E-state index contributed by atoms with van der Waals surface area (Å²) in [5.74, 6) is -0.160. The van der Waals surface area contributed by atoms with Gasteiger partial charge >= 0.3 is 0 Å². The van der Waals surface area contributed by atoms with Crippen LogP contribution in [0.4, 0.5) is 0 Å². The summed E-state index contributed by atoms with van der Waals surface area (Å²) in [7, 11) is 1.57. The monoisotopic (exact) mass is 327 g/mol. The highest BCUT2D eigenvalue weighted by molar-refractivity contribution is 7.09. The van der Waals surface area contributed by atoms with E-state index in [0.29, 0.717) is 29.6 Å². The van der Waals surface area contributed by atoms with Crippen molar-refractivity contribution in [3.63, 3.8) is 0 Å². The van der Waals surface area contributed by atoms with Crippen molar-refractivity contribution >= 4 is 28.0 Å². The standard InChI is InChI=1S/C17H17N3O2S/c1-3-20(11-12-7-6-10-23-12)17(22)15-13-8-4-5-9-14(13)16(21)19(2)18-15/h4-10H,3,11H2,1-2H3. The molecule has 2 aromatic heterocycles. The normalized spacial score (nSPS) is 10.9. The Bertz CT molecular complexity index is 900. The molecule has 2 heterocycles. The number of hydrogen-bond acceptors (Lipinski definition) is 4. The molecule has 5 nitrogen and oxygen atoms in total. The quantitative estimate of drug-likeness (QED) is 0.740. The summed E-state index contributed by atoms with van der Waals surface area (Å²) in [6, 6.07) is 11.1. The van der Waals surface area contributed by atoms with Gasteiger partial charge in [-0.1, -0.05) is 24.3 Å². The van der Waals surface area contributed by atoms with Gasteiger partial charge in [0.05, 0.1) is 11.9 Å². The Morgan fingerprint density at radius 3 is 2.61 bits per heavy atom. The van der Waals surface area contributed by atoms with Gasteiger partial charge in [-0.2, -0.15) is 5.10 Å². The van der Waals surface area contributed by atoms with Crippen molar-refractivity contribution in [2.45, 2.75) is 13.5 Å². The van der Waals surface area contributed by atoms with Gasteiger partial charge in [0.15, 0.2) is 5.69 Å². The lowest BCUT2D eigenvalue weighted by atomic mass is 10.1. The van der Waals surface area contributed by atoms with Crippen LogP contribution >= 0.6 is 11.3 Å². The number of carbonyl (C=O) groups is 1. The first-order valence-electron chi connectivity index (χ1n) is 7.39. The number of hydrogen-bond donors (Lipinski definition) is 0. The van der Waals surface area contributed by atoms with Crippen molar-refractivity contribution in [3.8, 4) is 0 Å². The van der Waals surface area contributed by atoms with Crippen LogP contribution in [0.25, 0.3) is 10.8 Å². The number of rotatable bonds is 4. The molecule has 118 valence electrons. The van der Waals surface area contributed by atoms with Crippen LogP contribution in [0, 0.1) is 0 Å². The highest BCUT2D eigenvalue weighted by Crippen LogP contribution is 2.18. The summed E-state index contributed by atoms with van der Waals surface area (Å²) >= 11 is 1.62. The van der Waals surface area contributed by atoms with Crippen LogP contribution in [-0.2, 0) is 13.6 Å². The van der Waals surface area contributed by atoms with Crippen LogP contribution in [0.3, 0.4) is 0 Å². The molecule has 0 aliphatic heterocycles. The number of thiophene rings is 1. The first-order chi connectivity index (χ1) is 11.1. The summed E-state index contributed by atoms with van der Waals surface area (Å²) in [5, 5.41) is 7.33. The maximum Gasteiger partial charge on any atom is 0.275 e. The van der Waals surface area contributed by atoms with Gasteiger partial charge in [-0.3, -0.25) is 9.59 Å². The third kappa shape index (κ3) is 2.90. The lowest BCUT2D eigenvalue weighted by molar-refractivity contribution is 0.0748. The molecule has 0 aliphatic carbocycles. The fraction of sp³-hybridized carbons (Fsp3) is 0.235. The van der Waals surface area contributed by atoms with Gasteiger partial charge in [-0.15, -0.1) is 11.3 Å². The Hall–Kier alpha value is -2.47. The molecule has 6 heteroatoms. The van der Waals surface area contributed by atoms with Crippen molar-refractivity contribution < 1.29 is 4.79 Å². The van der Waals surface area contributed by atoms with E-state index in [1.165, 1.54) is 4.68 Å². The molecular formula is C17H17N3O2S. The molecule has 0 radical (unpaired) electrons. The fourth-order valence-electron chi connectivity index (χ4n) is 2.53. The minimum Gasteiger partial charge on any atom is -0.332 e. The lowest BCUT2D eigenvalue weighted by Crippen LogP contribution is -2.33. The van der Waals surface area contributed by atoms with E-state index >= 15 is 0 Å². The number of aromatic nitrogens is 2. The zero-order valence-corrected chi connectivity index (χ0v) is 13.8. The van der Waals surface area contributed by atoms with Crippen LogP contribution in [0.15, 0.2) is 46.6 Å². The summed E-state index contributed by atoms with van der Waals surface area (Å²) in [6.45, 7) is 3.07. The number of fused-ring (bicyclic) bond motifs is 1. The molecule has 0 bridgehead atoms. The van der Waals surface area contributed by atoms with Crippen molar-refractivity contribution in [2.24, 2.45) is 7.05 Å². The minimum atomic E-state index is -0.196. The van der Waals surface area contributed by atoms with Crippen LogP contribution in [0.1, 0.15) is 22.3 Å². The van der Waals surface area contributed by atoms with E-state index in [1.807, 2.05) is 30.5 Å². The van der Waals surface area contributed by atoms with Crippen LogP contribution in [0.2, 0.25) is 0 Å². The highest BCUT2D eigenvalue weighted by Gasteiger charge is 2.21. The van der Waals surface area contributed by atoms with E-state index < -0.39 is 0 Å². The average molecular weight is 327 g/mol. The first kappa shape index (κ1) is 15.4. The predicted molar refractivity (Wildman–Crippen MR) is 91.7 cm³/mol. The lowest BCUT2D eigenvalue weighted by Gasteiger charge is -2.20. The number of aryl methyl sites for hydroxylation is 1. The van der Waals surface area contributed by atoms with E-state index in [-0.39, 0.29) is 11.5 Å². The van der Waals surface area contributed by atoms with Crippen LogP contribution in [0.5, 0.6) is 0 Å². The zero-order chi connectivity index (χ0) is 16.4. The summed E-state index contributed by atoms with van der Waals surface area (Å²) in [6.07, 6.45) is 0. The van der Waals surface area contributed by atoms with Gasteiger partial charge < -0.3 is 4.90 Å². The molecular weight excluding hydrogens is 310 g/mol. The number of benzene rings is 1. The van der Waals surface area contributed by atoms with Crippen molar-refractivity contribution in [1.29, 1.82) is 0 Å². The third-order valence-corrected chi connectivity index (χ3v) is 4.62. The van der Waals surface area contributed by atoms with Gasteiger partial charge in [0.25, 0.3) is 11.5 Å². The molecule has 0 unspecified atom stereocenters. The van der Waals surface area contributed by atoms with E-state index in [2.05, 4.69) is 5.10 Å². The topological polar surface area (TPSA) is 55.2 Å². The molecule has 23 heavy (non-hydrogen) atoms. The van der Waals surface area contributed by atoms with Gasteiger partial charge in [-0.25, -0.2) is 4.68 Å².